The van der Waals surface area contributed by atoms with E-state index in [4.69, 9.17) is 4.74 Å². The van der Waals surface area contributed by atoms with Crippen molar-refractivity contribution < 1.29 is 23.0 Å². The highest BCUT2D eigenvalue weighted by molar-refractivity contribution is 6.14. The van der Waals surface area contributed by atoms with Crippen LogP contribution in [0.25, 0.3) is 6.08 Å². The molecule has 24 heavy (non-hydrogen) atoms. The van der Waals surface area contributed by atoms with Gasteiger partial charge in [-0.15, -0.1) is 0 Å². The van der Waals surface area contributed by atoms with Crippen molar-refractivity contribution in [1.29, 1.82) is 5.26 Å². The maximum atomic E-state index is 12.4. The van der Waals surface area contributed by atoms with Crippen molar-refractivity contribution in [3.05, 3.63) is 65.2 Å². The first-order valence-electron chi connectivity index (χ1n) is 6.89. The van der Waals surface area contributed by atoms with Gasteiger partial charge in [0.25, 0.3) is 0 Å². The molecule has 122 valence electrons. The summed E-state index contributed by atoms with van der Waals surface area (Å²) >= 11 is 0. The van der Waals surface area contributed by atoms with Crippen LogP contribution in [0.4, 0.5) is 8.78 Å². The maximum Gasteiger partial charge on any atom is 0.387 e. The van der Waals surface area contributed by atoms with Crippen LogP contribution in [-0.4, -0.2) is 19.5 Å². The molecule has 0 N–H and O–H groups in total. The van der Waals surface area contributed by atoms with E-state index in [1.807, 2.05) is 0 Å². The van der Waals surface area contributed by atoms with Gasteiger partial charge in [-0.3, -0.25) is 4.79 Å². The molecule has 0 saturated heterocycles. The Labute approximate surface area is 137 Å². The molecule has 0 heterocycles. The largest absolute Gasteiger partial charge is 0.497 e. The average molecular weight is 329 g/mol. The Hall–Kier alpha value is -3.20. The van der Waals surface area contributed by atoms with Crippen molar-refractivity contribution in [1.82, 2.24) is 0 Å². The number of nitriles is 1. The number of alkyl halides is 2. The Kier molecular flexibility index (Phi) is 5.63. The van der Waals surface area contributed by atoms with Gasteiger partial charge in [-0.2, -0.15) is 14.0 Å². The molecule has 0 aromatic heterocycles. The number of methoxy groups -OCH3 is 1. The minimum Gasteiger partial charge on any atom is -0.497 e. The molecule has 2 aromatic carbocycles. The van der Waals surface area contributed by atoms with Gasteiger partial charge in [-0.05, 0) is 36.4 Å². The number of ether oxygens (including phenoxy) is 2. The van der Waals surface area contributed by atoms with Crippen molar-refractivity contribution in [3.8, 4) is 17.6 Å². The molecule has 0 aliphatic rings. The second kappa shape index (κ2) is 7.88. The van der Waals surface area contributed by atoms with Crippen LogP contribution in [0.3, 0.4) is 0 Å². The summed E-state index contributed by atoms with van der Waals surface area (Å²) in [6.07, 6.45) is 1.23. The van der Waals surface area contributed by atoms with Crippen molar-refractivity contribution in [2.24, 2.45) is 0 Å². The van der Waals surface area contributed by atoms with Gasteiger partial charge >= 0.3 is 6.61 Å². The summed E-state index contributed by atoms with van der Waals surface area (Å²) in [5, 5.41) is 9.24. The van der Waals surface area contributed by atoms with Crippen LogP contribution in [0.2, 0.25) is 0 Å². The zero-order chi connectivity index (χ0) is 17.5. The average Bonchev–Trinajstić information content (AvgIpc) is 2.60. The number of carbonyl (C=O) groups excluding carboxylic acids is 1. The third-order valence-electron chi connectivity index (χ3n) is 3.15. The number of ketones is 1. The minimum atomic E-state index is -3.00. The number of halogens is 2. The Morgan fingerprint density at radius 1 is 1.17 bits per heavy atom. The fourth-order valence-electron chi connectivity index (χ4n) is 2.01. The lowest BCUT2D eigenvalue weighted by molar-refractivity contribution is -0.0499. The number of para-hydroxylation sites is 1. The lowest BCUT2D eigenvalue weighted by Gasteiger charge is -2.08. The van der Waals surface area contributed by atoms with Gasteiger partial charge in [0.2, 0.25) is 5.78 Å². The summed E-state index contributed by atoms with van der Waals surface area (Å²) in [6.45, 7) is -3.00. The zero-order valence-electron chi connectivity index (χ0n) is 12.7. The molecule has 6 heteroatoms. The highest BCUT2D eigenvalue weighted by atomic mass is 19.3. The van der Waals surface area contributed by atoms with Gasteiger partial charge in [-0.25, -0.2) is 0 Å². The van der Waals surface area contributed by atoms with E-state index in [0.717, 1.165) is 0 Å². The number of hydrogen-bond donors (Lipinski definition) is 0. The van der Waals surface area contributed by atoms with Crippen LogP contribution in [0, 0.1) is 11.3 Å². The standard InChI is InChI=1S/C18H13F2NO3/c1-23-15-8-6-12(7-9-15)17(22)14(11-21)10-13-4-2-3-5-16(13)24-18(19)20/h2-10,18H,1H3/b14-10+. The molecule has 0 bridgehead atoms. The van der Waals surface area contributed by atoms with E-state index in [1.54, 1.807) is 24.3 Å². The van der Waals surface area contributed by atoms with Crippen molar-refractivity contribution in [2.75, 3.05) is 7.11 Å². The second-order valence-electron chi connectivity index (χ2n) is 4.64. The number of allylic oxidation sites excluding steroid dienone is 1. The summed E-state index contributed by atoms with van der Waals surface area (Å²) in [5.74, 6) is -0.0560. The Balaban J connectivity index is 2.35. The molecule has 0 spiro atoms. The highest BCUT2D eigenvalue weighted by Gasteiger charge is 2.14. The van der Waals surface area contributed by atoms with Gasteiger partial charge in [0.15, 0.2) is 0 Å². The van der Waals surface area contributed by atoms with Crippen LogP contribution >= 0.6 is 0 Å². The number of benzene rings is 2. The molecular formula is C18H13F2NO3. The van der Waals surface area contributed by atoms with Crippen LogP contribution in [-0.2, 0) is 0 Å². The van der Waals surface area contributed by atoms with Crippen LogP contribution < -0.4 is 9.47 Å². The van der Waals surface area contributed by atoms with Crippen molar-refractivity contribution in [2.45, 2.75) is 6.61 Å². The maximum absolute atomic E-state index is 12.4. The molecule has 0 fully saturated rings. The Morgan fingerprint density at radius 3 is 2.42 bits per heavy atom. The predicted octanol–water partition coefficient (Wildman–Crippen LogP) is 4.09. The number of nitrogens with zero attached hydrogens (tertiary/aromatic N) is 1. The summed E-state index contributed by atoms with van der Waals surface area (Å²) in [7, 11) is 1.50. The molecule has 0 aliphatic heterocycles. The van der Waals surface area contributed by atoms with Crippen LogP contribution in [0.5, 0.6) is 11.5 Å². The quantitative estimate of drug-likeness (QED) is 0.455. The summed E-state index contributed by atoms with van der Waals surface area (Å²) in [6, 6.07) is 14.0. The number of carbonyl (C=O) groups is 1. The van der Waals surface area contributed by atoms with E-state index in [9.17, 15) is 18.8 Å². The topological polar surface area (TPSA) is 59.3 Å². The minimum absolute atomic E-state index is 0.109. The molecule has 0 aliphatic carbocycles. The third-order valence-corrected chi connectivity index (χ3v) is 3.15. The van der Waals surface area contributed by atoms with E-state index in [-0.39, 0.29) is 22.4 Å². The predicted molar refractivity (Wildman–Crippen MR) is 84.0 cm³/mol. The first-order valence-corrected chi connectivity index (χ1v) is 6.89. The molecule has 4 nitrogen and oxygen atoms in total. The molecule has 2 rings (SSSR count). The smallest absolute Gasteiger partial charge is 0.387 e. The summed E-state index contributed by atoms with van der Waals surface area (Å²) in [5.41, 5.74) is 0.317. The van der Waals surface area contributed by atoms with E-state index in [2.05, 4.69) is 4.74 Å². The normalized spacial score (nSPS) is 11.0. The number of Topliss-reactive ketones (excluding diaryl/α,β-unsaturated/α-hetero) is 1. The Bertz CT molecular complexity index is 793. The molecule has 2 aromatic rings. The molecule has 0 atom stereocenters. The van der Waals surface area contributed by atoms with Crippen LogP contribution in [0.15, 0.2) is 54.1 Å². The SMILES string of the molecule is COc1ccc(C(=O)/C(C#N)=C/c2ccccc2OC(F)F)cc1. The first-order chi connectivity index (χ1) is 11.5. The summed E-state index contributed by atoms with van der Waals surface area (Å²) in [4.78, 5) is 12.4. The fraction of sp³-hybridized carbons (Fsp3) is 0.111. The second-order valence-corrected chi connectivity index (χ2v) is 4.64. The third kappa shape index (κ3) is 4.17. The van der Waals surface area contributed by atoms with Crippen molar-refractivity contribution in [3.63, 3.8) is 0 Å². The van der Waals surface area contributed by atoms with E-state index < -0.39 is 12.4 Å². The fourth-order valence-corrected chi connectivity index (χ4v) is 2.01. The number of rotatable bonds is 6. The van der Waals surface area contributed by atoms with Gasteiger partial charge in [0.05, 0.1) is 7.11 Å². The summed E-state index contributed by atoms with van der Waals surface area (Å²) < 4.78 is 34.3. The Morgan fingerprint density at radius 2 is 1.83 bits per heavy atom. The van der Waals surface area contributed by atoms with E-state index >= 15 is 0 Å². The zero-order valence-corrected chi connectivity index (χ0v) is 12.7. The molecule has 0 unspecified atom stereocenters. The number of hydrogen-bond acceptors (Lipinski definition) is 4. The monoisotopic (exact) mass is 329 g/mol. The van der Waals surface area contributed by atoms with Crippen LogP contribution in [0.1, 0.15) is 15.9 Å². The molecule has 0 radical (unpaired) electrons. The van der Waals surface area contributed by atoms with Gasteiger partial charge in [0, 0.05) is 11.1 Å². The lowest BCUT2D eigenvalue weighted by atomic mass is 10.0. The molecule has 0 amide bonds. The van der Waals surface area contributed by atoms with E-state index in [0.29, 0.717) is 5.75 Å². The van der Waals surface area contributed by atoms with Gasteiger partial charge < -0.3 is 9.47 Å². The first kappa shape index (κ1) is 17.2. The van der Waals surface area contributed by atoms with Gasteiger partial charge in [-0.1, -0.05) is 18.2 Å². The molecule has 0 saturated carbocycles. The molecular weight excluding hydrogens is 316 g/mol. The highest BCUT2D eigenvalue weighted by Crippen LogP contribution is 2.24. The lowest BCUT2D eigenvalue weighted by Crippen LogP contribution is -2.04. The van der Waals surface area contributed by atoms with E-state index in [1.165, 1.54) is 43.5 Å². The van der Waals surface area contributed by atoms with Gasteiger partial charge in [0.1, 0.15) is 23.1 Å². The van der Waals surface area contributed by atoms with Crippen molar-refractivity contribution >= 4 is 11.9 Å².